The van der Waals surface area contributed by atoms with E-state index in [2.05, 4.69) is 38.1 Å². The predicted octanol–water partition coefficient (Wildman–Crippen LogP) is 0.289. The first-order valence-corrected chi connectivity index (χ1v) is 5.54. The van der Waals surface area contributed by atoms with E-state index < -0.39 is 10.4 Å². The standard InChI is InChI=1S/C9H12.Fe.H2O4S.H2O2/c1-8(2)9-6-4-3-5-7-9;;1-5(2,3)4;1-2/h3-8H,1-2H3;;(H2,1,2,3,4);1-2H/q;+3;;/p-3. The zero-order valence-corrected chi connectivity index (χ0v) is 11.1. The van der Waals surface area contributed by atoms with Gasteiger partial charge in [0, 0.05) is 10.4 Å². The van der Waals surface area contributed by atoms with Crippen molar-refractivity contribution >= 4 is 10.4 Å². The molecule has 0 fully saturated rings. The van der Waals surface area contributed by atoms with Crippen LogP contribution in [0.4, 0.5) is 0 Å². The van der Waals surface area contributed by atoms with Crippen LogP contribution in [0.1, 0.15) is 25.3 Å². The van der Waals surface area contributed by atoms with Gasteiger partial charge < -0.3 is 19.6 Å². The normalized spacial score (nSPS) is 9.12. The third-order valence-corrected chi connectivity index (χ3v) is 1.47. The second-order valence-corrected chi connectivity index (χ2v) is 3.79. The molecule has 0 aromatic heterocycles. The van der Waals surface area contributed by atoms with Gasteiger partial charge in [0.25, 0.3) is 0 Å². The smallest absolute Gasteiger partial charge is 0.759 e. The van der Waals surface area contributed by atoms with Crippen molar-refractivity contribution in [1.29, 1.82) is 0 Å². The van der Waals surface area contributed by atoms with Gasteiger partial charge in [-0.25, -0.2) is 0 Å². The maximum Gasteiger partial charge on any atom is 3.00 e. The summed E-state index contributed by atoms with van der Waals surface area (Å²) in [5.41, 5.74) is 1.41. The van der Waals surface area contributed by atoms with Crippen molar-refractivity contribution < 1.29 is 45.1 Å². The molecule has 0 aliphatic carbocycles. The van der Waals surface area contributed by atoms with E-state index in [4.69, 9.17) is 28.0 Å². The minimum atomic E-state index is -5.17. The van der Waals surface area contributed by atoms with E-state index in [1.54, 1.807) is 0 Å². The van der Waals surface area contributed by atoms with E-state index in [0.29, 0.717) is 5.92 Å². The number of rotatable bonds is 1. The molecule has 1 rings (SSSR count). The van der Waals surface area contributed by atoms with Gasteiger partial charge in [0.15, 0.2) is 0 Å². The van der Waals surface area contributed by atoms with Gasteiger partial charge in [-0.15, -0.1) is 0 Å². The predicted molar refractivity (Wildman–Crippen MR) is 53.6 cm³/mol. The van der Waals surface area contributed by atoms with Crippen LogP contribution in [0.3, 0.4) is 0 Å². The molecular formula is C9H13FeO6S. The van der Waals surface area contributed by atoms with Crippen molar-refractivity contribution in [2.45, 2.75) is 19.8 Å². The first kappa shape index (κ1) is 21.8. The number of hydrogen-bond acceptors (Lipinski definition) is 6. The zero-order chi connectivity index (χ0) is 13.2. The molecule has 17 heavy (non-hydrogen) atoms. The molecule has 99 valence electrons. The maximum absolute atomic E-state index is 8.52. The Morgan fingerprint density at radius 3 is 1.53 bits per heavy atom. The molecule has 1 radical (unpaired) electrons. The van der Waals surface area contributed by atoms with E-state index >= 15 is 0 Å². The van der Waals surface area contributed by atoms with Crippen LogP contribution in [0.15, 0.2) is 30.3 Å². The molecule has 1 aromatic carbocycles. The molecule has 0 bridgehead atoms. The van der Waals surface area contributed by atoms with Crippen LogP contribution in [0, 0.1) is 0 Å². The van der Waals surface area contributed by atoms with Crippen LogP contribution >= 0.6 is 0 Å². The van der Waals surface area contributed by atoms with Crippen LogP contribution in [0.5, 0.6) is 0 Å². The molecule has 0 heterocycles. The fourth-order valence-corrected chi connectivity index (χ4v) is 0.838. The van der Waals surface area contributed by atoms with E-state index in [0.717, 1.165) is 0 Å². The monoisotopic (exact) mass is 305 g/mol. The summed E-state index contributed by atoms with van der Waals surface area (Å²) in [5.74, 6) is 0.659. The Labute approximate surface area is 111 Å². The molecular weight excluding hydrogens is 292 g/mol. The van der Waals surface area contributed by atoms with Gasteiger partial charge in [0.2, 0.25) is 0 Å². The second-order valence-electron chi connectivity index (χ2n) is 2.97. The SMILES string of the molecule is CC(C)c1ccccc1.O=S(=O)([O-])[O-].[Fe+3].[O-]O. The average molecular weight is 305 g/mol. The quantitative estimate of drug-likeness (QED) is 0.261. The number of benzene rings is 1. The summed E-state index contributed by atoms with van der Waals surface area (Å²) in [4.78, 5) is 0. The third kappa shape index (κ3) is 21.4. The van der Waals surface area contributed by atoms with Gasteiger partial charge >= 0.3 is 17.1 Å². The first-order chi connectivity index (χ1) is 7.30. The second kappa shape index (κ2) is 12.0. The molecule has 0 aliphatic rings. The van der Waals surface area contributed by atoms with Crippen molar-refractivity contribution in [2.24, 2.45) is 0 Å². The summed E-state index contributed by atoms with van der Waals surface area (Å²) < 4.78 is 34.1. The summed E-state index contributed by atoms with van der Waals surface area (Å²) in [5, 5.41) is 13.0. The van der Waals surface area contributed by atoms with E-state index in [1.165, 1.54) is 5.56 Å². The average Bonchev–Trinajstić information content (AvgIpc) is 2.20. The Kier molecular flexibility index (Phi) is 15.4. The van der Waals surface area contributed by atoms with Gasteiger partial charge in [-0.2, -0.15) is 0 Å². The van der Waals surface area contributed by atoms with Crippen LogP contribution in [0.2, 0.25) is 0 Å². The van der Waals surface area contributed by atoms with Crippen molar-refractivity contribution in [2.75, 3.05) is 0 Å². The van der Waals surface area contributed by atoms with Gasteiger partial charge in [-0.3, -0.25) is 8.42 Å². The Balaban J connectivity index is -0.000000213. The van der Waals surface area contributed by atoms with Gasteiger partial charge in [0.05, 0.1) is 0 Å². The van der Waals surface area contributed by atoms with Crippen molar-refractivity contribution in [3.63, 3.8) is 0 Å². The van der Waals surface area contributed by atoms with Crippen LogP contribution in [-0.2, 0) is 27.5 Å². The van der Waals surface area contributed by atoms with E-state index in [9.17, 15) is 0 Å². The van der Waals surface area contributed by atoms with E-state index in [1.807, 2.05) is 6.07 Å². The summed E-state index contributed by atoms with van der Waals surface area (Å²) in [6.45, 7) is 4.41. The molecule has 6 nitrogen and oxygen atoms in total. The molecule has 0 amide bonds. The fraction of sp³-hybridized carbons (Fsp3) is 0.333. The molecule has 8 heteroatoms. The zero-order valence-electron chi connectivity index (χ0n) is 9.21. The largest absolute Gasteiger partial charge is 3.00 e. The Morgan fingerprint density at radius 1 is 1.06 bits per heavy atom. The molecule has 1 aromatic rings. The fourth-order valence-electron chi connectivity index (χ4n) is 0.838. The van der Waals surface area contributed by atoms with Crippen LogP contribution in [0.25, 0.3) is 0 Å². The Morgan fingerprint density at radius 2 is 1.35 bits per heavy atom. The minimum Gasteiger partial charge on any atom is -0.759 e. The van der Waals surface area contributed by atoms with Crippen molar-refractivity contribution in [3.8, 4) is 0 Å². The summed E-state index contributed by atoms with van der Waals surface area (Å²) in [6, 6.07) is 10.5. The molecule has 0 saturated heterocycles. The molecule has 0 spiro atoms. The topological polar surface area (TPSA) is 124 Å². The van der Waals surface area contributed by atoms with Gasteiger partial charge in [0.1, 0.15) is 0 Å². The Bertz CT molecular complexity index is 343. The van der Waals surface area contributed by atoms with Gasteiger partial charge in [-0.1, -0.05) is 44.2 Å². The summed E-state index contributed by atoms with van der Waals surface area (Å²) in [7, 11) is -5.17. The van der Waals surface area contributed by atoms with Crippen molar-refractivity contribution in [3.05, 3.63) is 35.9 Å². The summed E-state index contributed by atoms with van der Waals surface area (Å²) in [6.07, 6.45) is 0. The van der Waals surface area contributed by atoms with Crippen molar-refractivity contribution in [1.82, 2.24) is 0 Å². The molecule has 0 saturated carbocycles. The number of hydrogen-bond donors (Lipinski definition) is 1. The summed E-state index contributed by atoms with van der Waals surface area (Å²) >= 11 is 0. The maximum atomic E-state index is 8.52. The van der Waals surface area contributed by atoms with Crippen LogP contribution in [-0.4, -0.2) is 22.8 Å². The third-order valence-electron chi connectivity index (χ3n) is 1.47. The molecule has 0 aliphatic heterocycles. The molecule has 0 unspecified atom stereocenters. The van der Waals surface area contributed by atoms with Crippen LogP contribution < -0.4 is 5.26 Å². The Hall–Kier alpha value is -0.471. The molecule has 0 atom stereocenters. The first-order valence-electron chi connectivity index (χ1n) is 4.20. The minimum absolute atomic E-state index is 0. The molecule has 1 N–H and O–H groups in total. The van der Waals surface area contributed by atoms with Gasteiger partial charge in [-0.05, 0) is 11.5 Å². The van der Waals surface area contributed by atoms with E-state index in [-0.39, 0.29) is 17.1 Å².